The van der Waals surface area contributed by atoms with Crippen molar-refractivity contribution in [1.82, 2.24) is 0 Å². The van der Waals surface area contributed by atoms with Crippen molar-refractivity contribution in [3.63, 3.8) is 0 Å². The van der Waals surface area contributed by atoms with Gasteiger partial charge in [-0.25, -0.2) is 4.79 Å². The van der Waals surface area contributed by atoms with Crippen LogP contribution in [0, 0.1) is 19.8 Å². The highest BCUT2D eigenvalue weighted by Gasteiger charge is 2.51. The van der Waals surface area contributed by atoms with E-state index in [9.17, 15) is 4.79 Å². The van der Waals surface area contributed by atoms with Crippen LogP contribution in [0.15, 0.2) is 66.3 Å². The Labute approximate surface area is 148 Å². The van der Waals surface area contributed by atoms with Gasteiger partial charge in [0.2, 0.25) is 0 Å². The second kappa shape index (κ2) is 5.73. The average molecular weight is 330 g/mol. The van der Waals surface area contributed by atoms with Gasteiger partial charge in [0.25, 0.3) is 0 Å². The van der Waals surface area contributed by atoms with E-state index in [0.717, 1.165) is 23.1 Å². The SMILES string of the molecule is CC1=CCC(C2(c3ccc(C)cc3)OC(=O)c3cc(C)ccc32)C=C1. The molecule has 0 saturated carbocycles. The maximum Gasteiger partial charge on any atom is 0.339 e. The second-order valence-corrected chi connectivity index (χ2v) is 7.19. The van der Waals surface area contributed by atoms with Gasteiger partial charge in [-0.15, -0.1) is 0 Å². The predicted octanol–water partition coefficient (Wildman–Crippen LogP) is 5.24. The van der Waals surface area contributed by atoms with E-state index < -0.39 is 5.60 Å². The summed E-state index contributed by atoms with van der Waals surface area (Å²) in [5.41, 5.74) is 5.49. The summed E-state index contributed by atoms with van der Waals surface area (Å²) >= 11 is 0. The summed E-state index contributed by atoms with van der Waals surface area (Å²) in [5, 5.41) is 0. The van der Waals surface area contributed by atoms with E-state index in [-0.39, 0.29) is 11.9 Å². The Kier molecular flexibility index (Phi) is 3.64. The lowest BCUT2D eigenvalue weighted by atomic mass is 9.72. The Balaban J connectivity index is 1.94. The Morgan fingerprint density at radius 3 is 2.40 bits per heavy atom. The van der Waals surface area contributed by atoms with Crippen molar-refractivity contribution >= 4 is 5.97 Å². The Bertz CT molecular complexity index is 902. The molecule has 0 amide bonds. The molecule has 0 bridgehead atoms. The van der Waals surface area contributed by atoms with Crippen molar-refractivity contribution < 1.29 is 9.53 Å². The first-order valence-electron chi connectivity index (χ1n) is 8.77. The molecule has 126 valence electrons. The molecule has 2 nitrogen and oxygen atoms in total. The van der Waals surface area contributed by atoms with Gasteiger partial charge in [0.15, 0.2) is 5.60 Å². The van der Waals surface area contributed by atoms with Crippen LogP contribution in [0.4, 0.5) is 0 Å². The van der Waals surface area contributed by atoms with Gasteiger partial charge in [0, 0.05) is 17.0 Å². The number of hydrogen-bond acceptors (Lipinski definition) is 2. The van der Waals surface area contributed by atoms with E-state index in [1.165, 1.54) is 11.1 Å². The fourth-order valence-electron chi connectivity index (χ4n) is 3.94. The van der Waals surface area contributed by atoms with Crippen LogP contribution in [0.3, 0.4) is 0 Å². The first-order valence-corrected chi connectivity index (χ1v) is 8.77. The van der Waals surface area contributed by atoms with Crippen LogP contribution in [0.5, 0.6) is 0 Å². The number of cyclic esters (lactones) is 1. The lowest BCUT2D eigenvalue weighted by molar-refractivity contribution is -0.00766. The number of ether oxygens (including phenoxy) is 1. The summed E-state index contributed by atoms with van der Waals surface area (Å²) in [6.07, 6.45) is 7.40. The Morgan fingerprint density at radius 1 is 1.00 bits per heavy atom. The lowest BCUT2D eigenvalue weighted by Gasteiger charge is -2.36. The maximum atomic E-state index is 12.7. The number of fused-ring (bicyclic) bond motifs is 1. The highest BCUT2D eigenvalue weighted by Crippen LogP contribution is 2.50. The summed E-state index contributed by atoms with van der Waals surface area (Å²) in [4.78, 5) is 12.7. The Morgan fingerprint density at radius 2 is 1.72 bits per heavy atom. The zero-order valence-corrected chi connectivity index (χ0v) is 14.9. The first-order chi connectivity index (χ1) is 12.0. The van der Waals surface area contributed by atoms with E-state index in [4.69, 9.17) is 4.74 Å². The molecule has 4 rings (SSSR count). The van der Waals surface area contributed by atoms with Gasteiger partial charge in [0.1, 0.15) is 0 Å². The number of carbonyl (C=O) groups excluding carboxylic acids is 1. The minimum atomic E-state index is -0.748. The number of allylic oxidation sites excluding steroid dienone is 3. The molecule has 0 saturated heterocycles. The van der Waals surface area contributed by atoms with Crippen molar-refractivity contribution in [2.24, 2.45) is 5.92 Å². The third-order valence-electron chi connectivity index (χ3n) is 5.34. The molecule has 0 N–H and O–H groups in total. The standard InChI is InChI=1S/C23H22O2/c1-15-4-9-18(10-5-15)23(19-11-6-16(2)7-12-19)21-13-8-17(3)14-20(21)22(24)25-23/h4-11,13-14,19H,12H2,1-3H3. The van der Waals surface area contributed by atoms with E-state index >= 15 is 0 Å². The molecule has 2 aromatic carbocycles. The van der Waals surface area contributed by atoms with E-state index in [2.05, 4.69) is 68.5 Å². The average Bonchev–Trinajstić information content (AvgIpc) is 2.89. The van der Waals surface area contributed by atoms with Crippen LogP contribution in [-0.2, 0) is 10.3 Å². The highest BCUT2D eigenvalue weighted by atomic mass is 16.6. The van der Waals surface area contributed by atoms with Crippen molar-refractivity contribution in [3.8, 4) is 0 Å². The van der Waals surface area contributed by atoms with Gasteiger partial charge < -0.3 is 4.74 Å². The van der Waals surface area contributed by atoms with Crippen LogP contribution < -0.4 is 0 Å². The van der Waals surface area contributed by atoms with Crippen molar-refractivity contribution in [3.05, 3.63) is 94.1 Å². The van der Waals surface area contributed by atoms with E-state index in [1.807, 2.05) is 13.0 Å². The Hall–Kier alpha value is -2.61. The fourth-order valence-corrected chi connectivity index (χ4v) is 3.94. The molecule has 1 heterocycles. The van der Waals surface area contributed by atoms with Gasteiger partial charge in [-0.1, -0.05) is 71.3 Å². The molecular formula is C23H22O2. The molecule has 25 heavy (non-hydrogen) atoms. The molecule has 2 unspecified atom stereocenters. The van der Waals surface area contributed by atoms with Crippen LogP contribution in [0.25, 0.3) is 0 Å². The van der Waals surface area contributed by atoms with Crippen LogP contribution in [0.1, 0.15) is 46.0 Å². The van der Waals surface area contributed by atoms with Gasteiger partial charge in [-0.05, 0) is 33.3 Å². The van der Waals surface area contributed by atoms with Crippen molar-refractivity contribution in [1.29, 1.82) is 0 Å². The number of hydrogen-bond donors (Lipinski definition) is 0. The van der Waals surface area contributed by atoms with E-state index in [1.54, 1.807) is 0 Å². The zero-order chi connectivity index (χ0) is 17.6. The minimum Gasteiger partial charge on any atom is -0.445 e. The minimum absolute atomic E-state index is 0.0896. The molecule has 0 aromatic heterocycles. The monoisotopic (exact) mass is 330 g/mol. The molecule has 1 aliphatic heterocycles. The van der Waals surface area contributed by atoms with Gasteiger partial charge >= 0.3 is 5.97 Å². The van der Waals surface area contributed by atoms with Crippen molar-refractivity contribution in [2.45, 2.75) is 32.8 Å². The topological polar surface area (TPSA) is 26.3 Å². The first kappa shape index (κ1) is 15.9. The predicted molar refractivity (Wildman–Crippen MR) is 99.6 cm³/mol. The highest BCUT2D eigenvalue weighted by molar-refractivity contribution is 5.95. The van der Waals surface area contributed by atoms with E-state index in [0.29, 0.717) is 5.56 Å². The molecular weight excluding hydrogens is 308 g/mol. The number of rotatable bonds is 2. The smallest absolute Gasteiger partial charge is 0.339 e. The summed E-state index contributed by atoms with van der Waals surface area (Å²) in [6, 6.07) is 14.4. The molecule has 0 fully saturated rings. The summed E-state index contributed by atoms with van der Waals surface area (Å²) < 4.78 is 6.16. The zero-order valence-electron chi connectivity index (χ0n) is 14.9. The number of benzene rings is 2. The summed E-state index contributed by atoms with van der Waals surface area (Å²) in [5.74, 6) is -0.134. The van der Waals surface area contributed by atoms with Crippen molar-refractivity contribution in [2.75, 3.05) is 0 Å². The molecule has 0 spiro atoms. The van der Waals surface area contributed by atoms with Crippen LogP contribution in [0.2, 0.25) is 0 Å². The number of aryl methyl sites for hydroxylation is 2. The molecule has 2 aromatic rings. The molecule has 2 heteroatoms. The van der Waals surface area contributed by atoms with Gasteiger partial charge in [-0.3, -0.25) is 0 Å². The van der Waals surface area contributed by atoms with Gasteiger partial charge in [0.05, 0.1) is 5.56 Å². The summed E-state index contributed by atoms with van der Waals surface area (Å²) in [7, 11) is 0. The third-order valence-corrected chi connectivity index (χ3v) is 5.34. The second-order valence-electron chi connectivity index (χ2n) is 7.19. The number of esters is 1. The lowest BCUT2D eigenvalue weighted by Crippen LogP contribution is -2.36. The summed E-state index contributed by atoms with van der Waals surface area (Å²) in [6.45, 7) is 6.18. The number of carbonyl (C=O) groups is 1. The maximum absolute atomic E-state index is 12.7. The van der Waals surface area contributed by atoms with Crippen LogP contribution in [-0.4, -0.2) is 5.97 Å². The largest absolute Gasteiger partial charge is 0.445 e. The molecule has 1 aliphatic carbocycles. The molecule has 2 atom stereocenters. The van der Waals surface area contributed by atoms with Gasteiger partial charge in [-0.2, -0.15) is 0 Å². The third kappa shape index (κ3) is 2.44. The van der Waals surface area contributed by atoms with Crippen LogP contribution >= 0.6 is 0 Å². The quantitative estimate of drug-likeness (QED) is 0.704. The molecule has 2 aliphatic rings. The normalized spacial score (nSPS) is 24.7. The fraction of sp³-hybridized carbons (Fsp3) is 0.261. The molecule has 0 radical (unpaired) electrons.